The van der Waals surface area contributed by atoms with Gasteiger partial charge >= 0.3 is 6.03 Å². The number of rotatable bonds is 4. The van der Waals surface area contributed by atoms with Gasteiger partial charge < -0.3 is 20.2 Å². The lowest BCUT2D eigenvalue weighted by atomic mass is 9.91. The second-order valence-electron chi connectivity index (χ2n) is 7.57. The molecule has 2 aromatic rings. The van der Waals surface area contributed by atoms with E-state index >= 15 is 0 Å². The molecule has 10 heteroatoms. The number of urea groups is 1. The van der Waals surface area contributed by atoms with Crippen molar-refractivity contribution < 1.29 is 14.7 Å². The highest BCUT2D eigenvalue weighted by Gasteiger charge is 2.57. The summed E-state index contributed by atoms with van der Waals surface area (Å²) in [7, 11) is 3.14. The average Bonchev–Trinajstić information content (AvgIpc) is 3.09. The lowest BCUT2D eigenvalue weighted by Gasteiger charge is -2.51. The molecule has 0 saturated carbocycles. The summed E-state index contributed by atoms with van der Waals surface area (Å²) in [6.45, 7) is 1.71. The maximum Gasteiger partial charge on any atom is 0.323 e. The summed E-state index contributed by atoms with van der Waals surface area (Å²) in [6, 6.07) is 9.29. The number of aliphatic hydroxyl groups is 1. The van der Waals surface area contributed by atoms with Crippen molar-refractivity contribution in [2.45, 2.75) is 24.9 Å². The van der Waals surface area contributed by atoms with E-state index in [0.717, 1.165) is 5.56 Å². The third-order valence-electron chi connectivity index (χ3n) is 5.65. The third-order valence-corrected chi connectivity index (χ3v) is 5.65. The van der Waals surface area contributed by atoms with Crippen molar-refractivity contribution >= 4 is 24.1 Å². The fourth-order valence-corrected chi connectivity index (χ4v) is 3.89. The molecule has 156 valence electrons. The van der Waals surface area contributed by atoms with Gasteiger partial charge in [0.2, 0.25) is 5.91 Å². The molecule has 0 bridgehead atoms. The largest absolute Gasteiger partial charge is 0.371 e. The Morgan fingerprint density at radius 2 is 1.90 bits per heavy atom. The number of hydrogen-bond acceptors (Lipinski definition) is 7. The number of anilines is 1. The summed E-state index contributed by atoms with van der Waals surface area (Å²) in [6.07, 6.45) is 2.89. The molecule has 3 atom stereocenters. The summed E-state index contributed by atoms with van der Waals surface area (Å²) in [5, 5.41) is 13.4. The van der Waals surface area contributed by atoms with E-state index in [1.54, 1.807) is 25.1 Å². The van der Waals surface area contributed by atoms with Crippen LogP contribution >= 0.6 is 0 Å². The zero-order chi connectivity index (χ0) is 21.5. The first-order valence-corrected chi connectivity index (χ1v) is 9.47. The van der Waals surface area contributed by atoms with Crippen LogP contribution in [0.15, 0.2) is 47.7 Å². The van der Waals surface area contributed by atoms with Gasteiger partial charge in [0.25, 0.3) is 0 Å². The van der Waals surface area contributed by atoms with Crippen molar-refractivity contribution in [2.75, 3.05) is 26.0 Å². The normalized spacial score (nSPS) is 25.5. The zero-order valence-corrected chi connectivity index (χ0v) is 16.9. The van der Waals surface area contributed by atoms with Crippen LogP contribution in [-0.4, -0.2) is 86.6 Å². The highest BCUT2D eigenvalue weighted by atomic mass is 16.3. The molecule has 3 amide bonds. The van der Waals surface area contributed by atoms with Gasteiger partial charge in [0.15, 0.2) is 18.2 Å². The van der Waals surface area contributed by atoms with Crippen LogP contribution in [0.5, 0.6) is 0 Å². The Bertz CT molecular complexity index is 982. The van der Waals surface area contributed by atoms with Crippen molar-refractivity contribution in [3.63, 3.8) is 0 Å². The van der Waals surface area contributed by atoms with E-state index in [-0.39, 0.29) is 18.5 Å². The van der Waals surface area contributed by atoms with E-state index in [1.807, 2.05) is 30.3 Å². The molecule has 3 unspecified atom stereocenters. The number of hydrogen-bond donors (Lipinski definition) is 2. The number of nitrogens with one attached hydrogen (secondary N) is 1. The van der Waals surface area contributed by atoms with Gasteiger partial charge in [-0.25, -0.2) is 14.8 Å². The van der Waals surface area contributed by atoms with Crippen LogP contribution in [0.4, 0.5) is 10.6 Å². The molecule has 1 saturated heterocycles. The van der Waals surface area contributed by atoms with Crippen molar-refractivity contribution in [2.24, 2.45) is 4.99 Å². The van der Waals surface area contributed by atoms with Crippen LogP contribution < -0.4 is 5.32 Å². The summed E-state index contributed by atoms with van der Waals surface area (Å²) in [5.41, 5.74) is 0.679. The molecule has 1 aromatic heterocycles. The number of aliphatic hydroxyl groups excluding tert-OH is 1. The fourth-order valence-electron chi connectivity index (χ4n) is 3.89. The van der Waals surface area contributed by atoms with Crippen LogP contribution in [0.25, 0.3) is 11.3 Å². The number of benzene rings is 1. The molecule has 1 fully saturated rings. The van der Waals surface area contributed by atoms with Gasteiger partial charge in [-0.1, -0.05) is 30.3 Å². The van der Waals surface area contributed by atoms with E-state index < -0.39 is 17.9 Å². The van der Waals surface area contributed by atoms with Gasteiger partial charge in [-0.2, -0.15) is 0 Å². The molecule has 0 radical (unpaired) electrons. The first-order valence-electron chi connectivity index (χ1n) is 9.47. The average molecular weight is 409 g/mol. The van der Waals surface area contributed by atoms with E-state index in [4.69, 9.17) is 0 Å². The molecule has 3 heterocycles. The number of amides is 3. The third kappa shape index (κ3) is 3.14. The molecule has 0 spiro atoms. The lowest BCUT2D eigenvalue weighted by Crippen LogP contribution is -2.73. The molecule has 2 aliphatic rings. The van der Waals surface area contributed by atoms with Gasteiger partial charge in [-0.3, -0.25) is 14.7 Å². The number of carbonyl (C=O) groups is 2. The van der Waals surface area contributed by atoms with Gasteiger partial charge in [-0.05, 0) is 6.92 Å². The van der Waals surface area contributed by atoms with Crippen LogP contribution in [0.2, 0.25) is 0 Å². The van der Waals surface area contributed by atoms with Crippen LogP contribution in [0, 0.1) is 0 Å². The van der Waals surface area contributed by atoms with Gasteiger partial charge in [0.05, 0.1) is 31.0 Å². The van der Waals surface area contributed by atoms with Crippen molar-refractivity contribution in [3.8, 4) is 11.3 Å². The van der Waals surface area contributed by atoms with Crippen molar-refractivity contribution in [1.29, 1.82) is 0 Å². The topological polar surface area (TPSA) is 114 Å². The minimum Gasteiger partial charge on any atom is -0.371 e. The molecule has 1 aromatic carbocycles. The molecule has 2 N–H and O–H groups in total. The van der Waals surface area contributed by atoms with Crippen LogP contribution in [0.1, 0.15) is 6.92 Å². The number of fused-ring (bicyclic) bond motifs is 1. The van der Waals surface area contributed by atoms with Crippen LogP contribution in [0.3, 0.4) is 0 Å². The Morgan fingerprint density at radius 3 is 2.57 bits per heavy atom. The number of carbonyl (C=O) groups excluding carboxylic acids is 2. The maximum atomic E-state index is 12.6. The SMILES string of the molecule is CN1C(=O)N(C)C2N=CN(CC(=O)Nc3cnc(-c4ccccc4)cn3)C2(C)C1O. The molecule has 10 nitrogen and oxygen atoms in total. The predicted molar refractivity (Wildman–Crippen MR) is 110 cm³/mol. The molecule has 2 aliphatic heterocycles. The molecule has 30 heavy (non-hydrogen) atoms. The second-order valence-corrected chi connectivity index (χ2v) is 7.57. The van der Waals surface area contributed by atoms with E-state index in [1.165, 1.54) is 29.4 Å². The molecular weight excluding hydrogens is 386 g/mol. The standard InChI is InChI=1S/C20H23N7O3/c1-20-17(25(2)19(30)26(3)18(20)29)23-12-27(20)11-16(28)24-15-10-21-14(9-22-15)13-7-5-4-6-8-13/h4-10,12,17-18,29H,11H2,1-3H3,(H,22,24,28). The summed E-state index contributed by atoms with van der Waals surface area (Å²) >= 11 is 0. The minimum atomic E-state index is -1.12. The monoisotopic (exact) mass is 409 g/mol. The highest BCUT2D eigenvalue weighted by molar-refractivity contribution is 5.93. The Labute approximate surface area is 173 Å². The summed E-state index contributed by atoms with van der Waals surface area (Å²) in [4.78, 5) is 42.1. The van der Waals surface area contributed by atoms with Gasteiger partial charge in [0, 0.05) is 19.7 Å². The maximum absolute atomic E-state index is 12.6. The summed E-state index contributed by atoms with van der Waals surface area (Å²) in [5.74, 6) is -0.00869. The van der Waals surface area contributed by atoms with Crippen molar-refractivity contribution in [3.05, 3.63) is 42.7 Å². The number of aliphatic imine (C=N–C) groups is 1. The van der Waals surface area contributed by atoms with Gasteiger partial charge in [0.1, 0.15) is 5.54 Å². The zero-order valence-electron chi connectivity index (χ0n) is 16.9. The predicted octanol–water partition coefficient (Wildman–Crippen LogP) is 0.826. The minimum absolute atomic E-state index is 0.0639. The highest BCUT2D eigenvalue weighted by Crippen LogP contribution is 2.36. The number of nitrogens with zero attached hydrogens (tertiary/aromatic N) is 6. The lowest BCUT2D eigenvalue weighted by molar-refractivity contribution is -0.126. The number of likely N-dealkylation sites (N-methyl/N-ethyl adjacent to an activating group) is 2. The Hall–Kier alpha value is -3.53. The summed E-state index contributed by atoms with van der Waals surface area (Å²) < 4.78 is 0. The van der Waals surface area contributed by atoms with Crippen LogP contribution in [-0.2, 0) is 4.79 Å². The fraction of sp³-hybridized carbons (Fsp3) is 0.350. The smallest absolute Gasteiger partial charge is 0.323 e. The quantitative estimate of drug-likeness (QED) is 0.773. The Morgan fingerprint density at radius 1 is 1.17 bits per heavy atom. The van der Waals surface area contributed by atoms with E-state index in [9.17, 15) is 14.7 Å². The van der Waals surface area contributed by atoms with Gasteiger partial charge in [-0.15, -0.1) is 0 Å². The van der Waals surface area contributed by atoms with E-state index in [2.05, 4.69) is 20.3 Å². The Kier molecular flexibility index (Phi) is 4.86. The van der Waals surface area contributed by atoms with E-state index in [0.29, 0.717) is 11.5 Å². The number of aromatic nitrogens is 2. The van der Waals surface area contributed by atoms with Crippen molar-refractivity contribution in [1.82, 2.24) is 24.7 Å². The first-order chi connectivity index (χ1) is 14.3. The molecule has 0 aliphatic carbocycles. The Balaban J connectivity index is 1.44. The molecule has 4 rings (SSSR count). The molecular formula is C20H23N7O3. The second kappa shape index (κ2) is 7.38. The first kappa shape index (κ1) is 19.8.